The summed E-state index contributed by atoms with van der Waals surface area (Å²) >= 11 is 0. The molecule has 0 aromatic heterocycles. The maximum atomic E-state index is 12.4. The van der Waals surface area contributed by atoms with Gasteiger partial charge in [-0.05, 0) is 54.0 Å². The third-order valence-corrected chi connectivity index (χ3v) is 4.27. The number of amides is 1. The van der Waals surface area contributed by atoms with Crippen molar-refractivity contribution in [2.45, 2.75) is 13.3 Å². The highest BCUT2D eigenvalue weighted by molar-refractivity contribution is 6.07. The first kappa shape index (κ1) is 18.3. The molecule has 0 fully saturated rings. The second-order valence-corrected chi connectivity index (χ2v) is 6.09. The fourth-order valence-electron chi connectivity index (χ4n) is 2.73. The summed E-state index contributed by atoms with van der Waals surface area (Å²) in [6, 6.07) is 15.1. The van der Waals surface area contributed by atoms with Crippen LogP contribution >= 0.6 is 0 Å². The number of ether oxygens (including phenoxy) is 2. The number of anilines is 1. The van der Waals surface area contributed by atoms with Crippen LogP contribution in [0.1, 0.15) is 18.1 Å². The van der Waals surface area contributed by atoms with E-state index in [4.69, 9.17) is 9.47 Å². The van der Waals surface area contributed by atoms with Crippen molar-refractivity contribution in [1.82, 2.24) is 0 Å². The average Bonchev–Trinajstić information content (AvgIpc) is 2.71. The van der Waals surface area contributed by atoms with E-state index in [2.05, 4.69) is 12.2 Å². The summed E-state index contributed by atoms with van der Waals surface area (Å²) in [6.45, 7) is 2.35. The Morgan fingerprint density at radius 2 is 2.07 bits per heavy atom. The molecule has 2 aromatic rings. The van der Waals surface area contributed by atoms with Crippen LogP contribution in [0.15, 0.2) is 59.7 Å². The molecule has 0 aliphatic carbocycles. The molecule has 1 aliphatic rings. The molecule has 5 heteroatoms. The van der Waals surface area contributed by atoms with Gasteiger partial charge in [-0.2, -0.15) is 5.26 Å². The smallest absolute Gasteiger partial charge is 0.266 e. The minimum atomic E-state index is -0.442. The number of hydrogen-bond acceptors (Lipinski definition) is 4. The summed E-state index contributed by atoms with van der Waals surface area (Å²) in [5.41, 5.74) is 3.50. The van der Waals surface area contributed by atoms with E-state index in [1.807, 2.05) is 54.6 Å². The van der Waals surface area contributed by atoms with E-state index in [1.165, 1.54) is 5.56 Å². The third kappa shape index (κ3) is 4.36. The van der Waals surface area contributed by atoms with Crippen LogP contribution in [0.3, 0.4) is 0 Å². The molecule has 136 valence electrons. The standard InChI is InChI=1S/C22H20N2O3/c1-3-15-4-7-19(8-5-15)24-22(25)18(13-23)11-16-10-17-6-9-20(26-2)12-21(17)27-14-16/h4-12H,3,14H2,1-2H3,(H,24,25)/b18-11+. The third-order valence-electron chi connectivity index (χ3n) is 4.27. The van der Waals surface area contributed by atoms with E-state index in [0.717, 1.165) is 17.6 Å². The highest BCUT2D eigenvalue weighted by Crippen LogP contribution is 2.30. The minimum Gasteiger partial charge on any atom is -0.497 e. The molecule has 0 bridgehead atoms. The van der Waals surface area contributed by atoms with Crippen molar-refractivity contribution >= 4 is 17.7 Å². The van der Waals surface area contributed by atoms with E-state index in [1.54, 1.807) is 13.2 Å². The zero-order chi connectivity index (χ0) is 19.2. The van der Waals surface area contributed by atoms with Gasteiger partial charge in [0.1, 0.15) is 29.7 Å². The number of benzene rings is 2. The SMILES string of the molecule is CCc1ccc(NC(=O)/C(C#N)=C/C2=Cc3ccc(OC)cc3OC2)cc1. The highest BCUT2D eigenvalue weighted by Gasteiger charge is 2.15. The molecule has 27 heavy (non-hydrogen) atoms. The molecule has 1 heterocycles. The minimum absolute atomic E-state index is 0.0291. The van der Waals surface area contributed by atoms with Crippen molar-refractivity contribution in [3.05, 3.63) is 70.8 Å². The van der Waals surface area contributed by atoms with Crippen molar-refractivity contribution < 1.29 is 14.3 Å². The second kappa shape index (κ2) is 8.24. The van der Waals surface area contributed by atoms with E-state index in [0.29, 0.717) is 17.2 Å². The van der Waals surface area contributed by atoms with Gasteiger partial charge in [-0.25, -0.2) is 0 Å². The monoisotopic (exact) mass is 360 g/mol. The zero-order valence-corrected chi connectivity index (χ0v) is 15.3. The van der Waals surface area contributed by atoms with E-state index >= 15 is 0 Å². The first-order valence-electron chi connectivity index (χ1n) is 8.66. The van der Waals surface area contributed by atoms with Crippen molar-refractivity contribution in [3.8, 4) is 17.6 Å². The number of rotatable bonds is 5. The number of carbonyl (C=O) groups is 1. The van der Waals surface area contributed by atoms with Crippen LogP contribution in [0.4, 0.5) is 5.69 Å². The highest BCUT2D eigenvalue weighted by atomic mass is 16.5. The quantitative estimate of drug-likeness (QED) is 0.643. The molecule has 0 unspecified atom stereocenters. The Morgan fingerprint density at radius 3 is 2.74 bits per heavy atom. The number of nitriles is 1. The fraction of sp³-hybridized carbons (Fsp3) is 0.182. The van der Waals surface area contributed by atoms with Crippen molar-refractivity contribution in [2.24, 2.45) is 0 Å². The Kier molecular flexibility index (Phi) is 5.58. The summed E-state index contributed by atoms with van der Waals surface area (Å²) < 4.78 is 10.9. The first-order valence-corrected chi connectivity index (χ1v) is 8.66. The largest absolute Gasteiger partial charge is 0.497 e. The van der Waals surface area contributed by atoms with Crippen LogP contribution < -0.4 is 14.8 Å². The first-order chi connectivity index (χ1) is 13.1. The molecule has 1 N–H and O–H groups in total. The van der Waals surface area contributed by atoms with Gasteiger partial charge < -0.3 is 14.8 Å². The lowest BCUT2D eigenvalue weighted by Crippen LogP contribution is -2.15. The van der Waals surface area contributed by atoms with Gasteiger partial charge in [0.05, 0.1) is 7.11 Å². The van der Waals surface area contributed by atoms with Gasteiger partial charge in [-0.1, -0.05) is 19.1 Å². The van der Waals surface area contributed by atoms with E-state index in [9.17, 15) is 10.1 Å². The molecular formula is C22H20N2O3. The summed E-state index contributed by atoms with van der Waals surface area (Å²) in [6.07, 6.45) is 4.39. The van der Waals surface area contributed by atoms with Crippen LogP contribution in [0.25, 0.3) is 6.08 Å². The average molecular weight is 360 g/mol. The summed E-state index contributed by atoms with van der Waals surface area (Å²) in [5, 5.41) is 12.1. The molecule has 0 atom stereocenters. The molecule has 1 amide bonds. The second-order valence-electron chi connectivity index (χ2n) is 6.09. The maximum Gasteiger partial charge on any atom is 0.266 e. The maximum absolute atomic E-state index is 12.4. The lowest BCUT2D eigenvalue weighted by Gasteiger charge is -2.17. The van der Waals surface area contributed by atoms with Crippen molar-refractivity contribution in [1.29, 1.82) is 5.26 Å². The Balaban J connectivity index is 1.77. The van der Waals surface area contributed by atoms with Gasteiger partial charge in [0.2, 0.25) is 0 Å². The van der Waals surface area contributed by atoms with Crippen molar-refractivity contribution in [3.63, 3.8) is 0 Å². The Bertz CT molecular complexity index is 951. The number of carbonyl (C=O) groups excluding carboxylic acids is 1. The van der Waals surface area contributed by atoms with Gasteiger partial charge >= 0.3 is 0 Å². The molecule has 0 saturated heterocycles. The Labute approximate surface area is 158 Å². The number of nitrogens with one attached hydrogen (secondary N) is 1. The number of nitrogens with zero attached hydrogens (tertiary/aromatic N) is 1. The normalized spacial score (nSPS) is 12.9. The predicted molar refractivity (Wildman–Crippen MR) is 105 cm³/mol. The molecular weight excluding hydrogens is 340 g/mol. The van der Waals surface area contributed by atoms with E-state index in [-0.39, 0.29) is 12.2 Å². The molecule has 0 saturated carbocycles. The number of fused-ring (bicyclic) bond motifs is 1. The molecule has 0 radical (unpaired) electrons. The van der Waals surface area contributed by atoms with Gasteiger partial charge in [0, 0.05) is 17.3 Å². The molecule has 5 nitrogen and oxygen atoms in total. The summed E-state index contributed by atoms with van der Waals surface area (Å²) in [5.74, 6) is 0.987. The van der Waals surface area contributed by atoms with Gasteiger partial charge in [-0.15, -0.1) is 0 Å². The van der Waals surface area contributed by atoms with Gasteiger partial charge in [0.15, 0.2) is 0 Å². The van der Waals surface area contributed by atoms with E-state index < -0.39 is 5.91 Å². The van der Waals surface area contributed by atoms with Gasteiger partial charge in [0.25, 0.3) is 5.91 Å². The molecule has 1 aliphatic heterocycles. The van der Waals surface area contributed by atoms with Crippen LogP contribution in [0.5, 0.6) is 11.5 Å². The van der Waals surface area contributed by atoms with Crippen molar-refractivity contribution in [2.75, 3.05) is 19.0 Å². The molecule has 3 rings (SSSR count). The topological polar surface area (TPSA) is 71.4 Å². The number of aryl methyl sites for hydroxylation is 1. The summed E-state index contributed by atoms with van der Waals surface area (Å²) in [4.78, 5) is 12.4. The zero-order valence-electron chi connectivity index (χ0n) is 15.3. The number of hydrogen-bond donors (Lipinski definition) is 1. The lowest BCUT2D eigenvalue weighted by atomic mass is 10.0. The van der Waals surface area contributed by atoms with Crippen LogP contribution in [-0.2, 0) is 11.2 Å². The fourth-order valence-corrected chi connectivity index (χ4v) is 2.73. The predicted octanol–water partition coefficient (Wildman–Crippen LogP) is 4.12. The molecule has 2 aromatic carbocycles. The van der Waals surface area contributed by atoms with Crippen LogP contribution in [-0.4, -0.2) is 19.6 Å². The Morgan fingerprint density at radius 1 is 1.30 bits per heavy atom. The lowest BCUT2D eigenvalue weighted by molar-refractivity contribution is -0.112. The number of methoxy groups -OCH3 is 1. The van der Waals surface area contributed by atoms with Crippen LogP contribution in [0, 0.1) is 11.3 Å². The molecule has 0 spiro atoms. The van der Waals surface area contributed by atoms with Crippen LogP contribution in [0.2, 0.25) is 0 Å². The van der Waals surface area contributed by atoms with Gasteiger partial charge in [-0.3, -0.25) is 4.79 Å². The summed E-state index contributed by atoms with van der Waals surface area (Å²) in [7, 11) is 1.60. The Hall–Kier alpha value is -3.52.